The molecule has 1 saturated heterocycles. The van der Waals surface area contributed by atoms with Crippen LogP contribution in [0.25, 0.3) is 0 Å². The van der Waals surface area contributed by atoms with Crippen molar-refractivity contribution >= 4 is 17.5 Å². The van der Waals surface area contributed by atoms with Gasteiger partial charge in [-0.15, -0.1) is 0 Å². The second-order valence-corrected chi connectivity index (χ2v) is 3.43. The summed E-state index contributed by atoms with van der Waals surface area (Å²) < 4.78 is 0. The summed E-state index contributed by atoms with van der Waals surface area (Å²) in [5.74, 6) is 1.15. The number of hydrogen-bond donors (Lipinski definition) is 2. The van der Waals surface area contributed by atoms with E-state index < -0.39 is 0 Å². The van der Waals surface area contributed by atoms with Crippen LogP contribution < -0.4 is 16.0 Å². The molecular weight excluding hydrogens is 194 g/mol. The van der Waals surface area contributed by atoms with Gasteiger partial charge in [-0.05, 0) is 6.42 Å². The Morgan fingerprint density at radius 1 is 1.47 bits per heavy atom. The minimum absolute atomic E-state index is 0.0182. The van der Waals surface area contributed by atoms with Crippen LogP contribution in [-0.2, 0) is 4.79 Å². The van der Waals surface area contributed by atoms with Crippen molar-refractivity contribution in [1.82, 2.24) is 15.3 Å². The Labute approximate surface area is 87.5 Å². The molecule has 80 valence electrons. The molecule has 0 bridgehead atoms. The molecule has 0 radical (unpaired) electrons. The molecule has 2 heterocycles. The van der Waals surface area contributed by atoms with Gasteiger partial charge in [-0.3, -0.25) is 4.79 Å². The molecule has 0 atom stereocenters. The van der Waals surface area contributed by atoms with E-state index in [4.69, 9.17) is 5.73 Å². The minimum Gasteiger partial charge on any atom is -0.384 e. The fourth-order valence-electron chi connectivity index (χ4n) is 1.54. The van der Waals surface area contributed by atoms with Crippen LogP contribution in [-0.4, -0.2) is 35.5 Å². The van der Waals surface area contributed by atoms with Gasteiger partial charge in [-0.1, -0.05) is 0 Å². The zero-order valence-corrected chi connectivity index (χ0v) is 8.31. The molecule has 3 N–H and O–H groups in total. The first-order chi connectivity index (χ1) is 7.25. The molecule has 15 heavy (non-hydrogen) atoms. The van der Waals surface area contributed by atoms with E-state index in [1.807, 2.05) is 4.90 Å². The number of hydrogen-bond acceptors (Lipinski definition) is 5. The van der Waals surface area contributed by atoms with Crippen LogP contribution in [0.1, 0.15) is 6.42 Å². The van der Waals surface area contributed by atoms with Gasteiger partial charge in [0.15, 0.2) is 0 Å². The third kappa shape index (κ3) is 2.34. The predicted molar refractivity (Wildman–Crippen MR) is 56.3 cm³/mol. The van der Waals surface area contributed by atoms with E-state index in [1.54, 1.807) is 6.07 Å². The van der Waals surface area contributed by atoms with E-state index >= 15 is 0 Å². The first-order valence-corrected chi connectivity index (χ1v) is 4.85. The van der Waals surface area contributed by atoms with Crippen molar-refractivity contribution in [2.75, 3.05) is 30.3 Å². The number of rotatable bonds is 1. The van der Waals surface area contributed by atoms with Gasteiger partial charge < -0.3 is 16.0 Å². The average molecular weight is 207 g/mol. The number of amides is 1. The van der Waals surface area contributed by atoms with Crippen LogP contribution >= 0.6 is 0 Å². The van der Waals surface area contributed by atoms with Gasteiger partial charge in [0.05, 0.1) is 6.54 Å². The minimum atomic E-state index is 0.0182. The molecule has 0 aliphatic carbocycles. The molecule has 6 nitrogen and oxygen atoms in total. The topological polar surface area (TPSA) is 84.1 Å². The molecule has 0 spiro atoms. The summed E-state index contributed by atoms with van der Waals surface area (Å²) in [6, 6.07) is 1.68. The van der Waals surface area contributed by atoms with Gasteiger partial charge in [0, 0.05) is 19.2 Å². The van der Waals surface area contributed by atoms with Crippen LogP contribution in [0.15, 0.2) is 12.4 Å². The number of carbonyl (C=O) groups excluding carboxylic acids is 1. The van der Waals surface area contributed by atoms with Crippen LogP contribution in [0.2, 0.25) is 0 Å². The Kier molecular flexibility index (Phi) is 2.66. The number of nitrogen functional groups attached to an aromatic ring is 1. The van der Waals surface area contributed by atoms with Gasteiger partial charge in [0.25, 0.3) is 0 Å². The zero-order chi connectivity index (χ0) is 10.7. The van der Waals surface area contributed by atoms with Gasteiger partial charge in [-0.25, -0.2) is 9.97 Å². The maximum absolute atomic E-state index is 11.3. The van der Waals surface area contributed by atoms with Crippen LogP contribution in [0.3, 0.4) is 0 Å². The third-order valence-electron chi connectivity index (χ3n) is 2.26. The fraction of sp³-hybridized carbons (Fsp3) is 0.444. The Hall–Kier alpha value is -1.85. The molecule has 1 aliphatic rings. The van der Waals surface area contributed by atoms with Crippen LogP contribution in [0.5, 0.6) is 0 Å². The molecule has 6 heteroatoms. The van der Waals surface area contributed by atoms with Gasteiger partial charge in [0.1, 0.15) is 18.0 Å². The highest BCUT2D eigenvalue weighted by Gasteiger charge is 2.15. The van der Waals surface area contributed by atoms with E-state index in [-0.39, 0.29) is 5.91 Å². The van der Waals surface area contributed by atoms with Crippen molar-refractivity contribution in [3.63, 3.8) is 0 Å². The highest BCUT2D eigenvalue weighted by atomic mass is 16.2. The molecule has 1 aromatic rings. The largest absolute Gasteiger partial charge is 0.384 e. The first kappa shape index (κ1) is 9.70. The quantitative estimate of drug-likeness (QED) is 0.641. The molecule has 0 saturated carbocycles. The monoisotopic (exact) mass is 207 g/mol. The molecule has 1 aromatic heterocycles. The summed E-state index contributed by atoms with van der Waals surface area (Å²) in [6.07, 6.45) is 2.32. The number of nitrogens with zero attached hydrogens (tertiary/aromatic N) is 3. The first-order valence-electron chi connectivity index (χ1n) is 4.85. The summed E-state index contributed by atoms with van der Waals surface area (Å²) in [4.78, 5) is 21.1. The zero-order valence-electron chi connectivity index (χ0n) is 8.31. The third-order valence-corrected chi connectivity index (χ3v) is 2.26. The summed E-state index contributed by atoms with van der Waals surface area (Å²) >= 11 is 0. The van der Waals surface area contributed by atoms with Gasteiger partial charge in [-0.2, -0.15) is 0 Å². The van der Waals surface area contributed by atoms with Crippen molar-refractivity contribution < 1.29 is 4.79 Å². The van der Waals surface area contributed by atoms with E-state index in [0.717, 1.165) is 19.5 Å². The normalized spacial score (nSPS) is 17.1. The number of carbonyl (C=O) groups is 1. The Balaban J connectivity index is 2.18. The van der Waals surface area contributed by atoms with E-state index in [1.165, 1.54) is 6.33 Å². The molecule has 1 aliphatic heterocycles. The van der Waals surface area contributed by atoms with Crippen molar-refractivity contribution in [2.24, 2.45) is 0 Å². The fourth-order valence-corrected chi connectivity index (χ4v) is 1.54. The lowest BCUT2D eigenvalue weighted by Crippen LogP contribution is -2.33. The highest BCUT2D eigenvalue weighted by molar-refractivity contribution is 5.81. The Morgan fingerprint density at radius 3 is 3.13 bits per heavy atom. The van der Waals surface area contributed by atoms with E-state index in [2.05, 4.69) is 15.3 Å². The van der Waals surface area contributed by atoms with Crippen LogP contribution in [0.4, 0.5) is 11.6 Å². The standard InChI is InChI=1S/C9H13N5O/c10-7-4-8(13-6-12-7)14-3-1-2-11-9(15)5-14/h4,6H,1-3,5H2,(H,11,15)(H2,10,12,13). The van der Waals surface area contributed by atoms with Gasteiger partial charge >= 0.3 is 0 Å². The SMILES string of the molecule is Nc1cc(N2CCCNC(=O)C2)ncn1. The smallest absolute Gasteiger partial charge is 0.239 e. The number of aromatic nitrogens is 2. The Bertz CT molecular complexity index is 367. The lowest BCUT2D eigenvalue weighted by atomic mass is 10.4. The maximum Gasteiger partial charge on any atom is 0.239 e. The van der Waals surface area contributed by atoms with E-state index in [0.29, 0.717) is 18.2 Å². The number of nitrogens with one attached hydrogen (secondary N) is 1. The lowest BCUT2D eigenvalue weighted by Gasteiger charge is -2.19. The maximum atomic E-state index is 11.3. The highest BCUT2D eigenvalue weighted by Crippen LogP contribution is 2.12. The van der Waals surface area contributed by atoms with Crippen molar-refractivity contribution in [1.29, 1.82) is 0 Å². The second-order valence-electron chi connectivity index (χ2n) is 3.43. The molecule has 2 rings (SSSR count). The van der Waals surface area contributed by atoms with Crippen LogP contribution in [0, 0.1) is 0 Å². The van der Waals surface area contributed by atoms with E-state index in [9.17, 15) is 4.79 Å². The van der Waals surface area contributed by atoms with Crippen molar-refractivity contribution in [3.8, 4) is 0 Å². The molecule has 1 fully saturated rings. The summed E-state index contributed by atoms with van der Waals surface area (Å²) in [7, 11) is 0. The van der Waals surface area contributed by atoms with Crippen molar-refractivity contribution in [3.05, 3.63) is 12.4 Å². The number of nitrogens with two attached hydrogens (primary N) is 1. The summed E-state index contributed by atoms with van der Waals surface area (Å²) in [5, 5.41) is 2.80. The second kappa shape index (κ2) is 4.12. The molecule has 0 aromatic carbocycles. The molecular formula is C9H13N5O. The lowest BCUT2D eigenvalue weighted by molar-refractivity contribution is -0.119. The average Bonchev–Trinajstić information content (AvgIpc) is 2.43. The molecule has 0 unspecified atom stereocenters. The predicted octanol–water partition coefficient (Wildman–Crippen LogP) is -0.615. The summed E-state index contributed by atoms with van der Waals surface area (Å²) in [5.41, 5.74) is 5.56. The number of anilines is 2. The van der Waals surface area contributed by atoms with Crippen molar-refractivity contribution in [2.45, 2.75) is 6.42 Å². The van der Waals surface area contributed by atoms with Gasteiger partial charge in [0.2, 0.25) is 5.91 Å². The summed E-state index contributed by atoms with van der Waals surface area (Å²) in [6.45, 7) is 1.85. The Morgan fingerprint density at radius 2 is 2.33 bits per heavy atom. The molecule has 1 amide bonds.